The molecule has 3 rings (SSSR count). The van der Waals surface area contributed by atoms with E-state index < -0.39 is 0 Å². The molecule has 0 bridgehead atoms. The molecule has 3 N–H and O–H groups in total. The largest absolute Gasteiger partial charge is 0.497 e. The molecule has 0 saturated heterocycles. The van der Waals surface area contributed by atoms with Gasteiger partial charge in [-0.3, -0.25) is 0 Å². The Hall–Kier alpha value is -3.09. The van der Waals surface area contributed by atoms with Gasteiger partial charge in [0.05, 0.1) is 40.5 Å². The Bertz CT molecular complexity index is 838. The highest BCUT2D eigenvalue weighted by Crippen LogP contribution is 2.40. The number of hydrogen-bond acceptors (Lipinski definition) is 7. The Labute approximate surface area is 159 Å². The van der Waals surface area contributed by atoms with Gasteiger partial charge in [0.2, 0.25) is 0 Å². The number of hydrogen-bond donors (Lipinski definition) is 2. The second kappa shape index (κ2) is 8.07. The first-order valence-corrected chi connectivity index (χ1v) is 8.63. The summed E-state index contributed by atoms with van der Waals surface area (Å²) in [5.41, 5.74) is 8.05. The summed E-state index contributed by atoms with van der Waals surface area (Å²) in [6.07, 6.45) is 0.700. The Kier molecular flexibility index (Phi) is 5.59. The molecule has 7 heteroatoms. The molecule has 2 aromatic rings. The van der Waals surface area contributed by atoms with Crippen molar-refractivity contribution in [3.05, 3.63) is 47.5 Å². The number of aliphatic imine (C=N–C) groups is 1. The van der Waals surface area contributed by atoms with Crippen LogP contribution in [0.25, 0.3) is 0 Å². The third-order valence-electron chi connectivity index (χ3n) is 4.69. The minimum Gasteiger partial charge on any atom is -0.497 e. The predicted octanol–water partition coefficient (Wildman–Crippen LogP) is 2.81. The van der Waals surface area contributed by atoms with Crippen molar-refractivity contribution in [2.24, 2.45) is 10.7 Å². The predicted molar refractivity (Wildman–Crippen MR) is 104 cm³/mol. The Morgan fingerprint density at radius 2 is 1.41 bits per heavy atom. The maximum absolute atomic E-state index is 6.09. The number of guanidine groups is 1. The fraction of sp³-hybridized carbons (Fsp3) is 0.350. The first-order chi connectivity index (χ1) is 13.1. The minimum atomic E-state index is -0.149. The van der Waals surface area contributed by atoms with Gasteiger partial charge in [0.1, 0.15) is 23.0 Å². The highest BCUT2D eigenvalue weighted by Gasteiger charge is 2.28. The maximum atomic E-state index is 6.09. The lowest BCUT2D eigenvalue weighted by Gasteiger charge is -2.30. The molecule has 2 unspecified atom stereocenters. The molecule has 0 saturated carbocycles. The summed E-state index contributed by atoms with van der Waals surface area (Å²) >= 11 is 0. The van der Waals surface area contributed by atoms with Crippen molar-refractivity contribution in [2.45, 2.75) is 18.5 Å². The van der Waals surface area contributed by atoms with Gasteiger partial charge >= 0.3 is 0 Å². The first kappa shape index (κ1) is 18.7. The molecule has 0 fully saturated rings. The van der Waals surface area contributed by atoms with Gasteiger partial charge in [-0.1, -0.05) is 0 Å². The van der Waals surface area contributed by atoms with Crippen molar-refractivity contribution < 1.29 is 18.9 Å². The van der Waals surface area contributed by atoms with Crippen LogP contribution in [0.5, 0.6) is 23.0 Å². The highest BCUT2D eigenvalue weighted by atomic mass is 16.5. The van der Waals surface area contributed by atoms with Crippen molar-refractivity contribution in [2.75, 3.05) is 28.4 Å². The molecule has 0 radical (unpaired) electrons. The van der Waals surface area contributed by atoms with E-state index in [2.05, 4.69) is 10.3 Å². The summed E-state index contributed by atoms with van der Waals surface area (Å²) in [6.45, 7) is 0. The van der Waals surface area contributed by atoms with E-state index in [0.717, 1.165) is 34.1 Å². The van der Waals surface area contributed by atoms with E-state index in [1.165, 1.54) is 0 Å². The van der Waals surface area contributed by atoms with Crippen molar-refractivity contribution >= 4 is 5.96 Å². The number of nitrogens with two attached hydrogens (primary N) is 1. The number of methoxy groups -OCH3 is 4. The summed E-state index contributed by atoms with van der Waals surface area (Å²) in [4.78, 5) is 4.58. The molecule has 0 amide bonds. The monoisotopic (exact) mass is 371 g/mol. The number of ether oxygens (including phenoxy) is 4. The molecule has 27 heavy (non-hydrogen) atoms. The third-order valence-corrected chi connectivity index (χ3v) is 4.69. The van der Waals surface area contributed by atoms with Gasteiger partial charge in [-0.15, -0.1) is 0 Å². The number of nitrogens with zero attached hydrogens (tertiary/aromatic N) is 1. The van der Waals surface area contributed by atoms with Gasteiger partial charge in [0, 0.05) is 23.3 Å². The lowest BCUT2D eigenvalue weighted by atomic mass is 9.92. The molecule has 1 heterocycles. The molecule has 144 valence electrons. The number of nitrogens with one attached hydrogen (secondary N) is 1. The Balaban J connectivity index is 1.94. The van der Waals surface area contributed by atoms with Crippen LogP contribution in [0.2, 0.25) is 0 Å². The van der Waals surface area contributed by atoms with E-state index in [1.807, 2.05) is 36.4 Å². The van der Waals surface area contributed by atoms with Gasteiger partial charge in [-0.2, -0.15) is 0 Å². The van der Waals surface area contributed by atoms with Crippen LogP contribution >= 0.6 is 0 Å². The van der Waals surface area contributed by atoms with Crippen LogP contribution in [0.4, 0.5) is 0 Å². The minimum absolute atomic E-state index is 0.0554. The molecule has 2 atom stereocenters. The zero-order valence-corrected chi connectivity index (χ0v) is 16.0. The summed E-state index contributed by atoms with van der Waals surface area (Å²) in [7, 11) is 6.53. The van der Waals surface area contributed by atoms with E-state index in [-0.39, 0.29) is 12.1 Å². The van der Waals surface area contributed by atoms with Crippen molar-refractivity contribution in [1.29, 1.82) is 0 Å². The molecule has 2 aromatic carbocycles. The van der Waals surface area contributed by atoms with Crippen molar-refractivity contribution in [1.82, 2.24) is 5.32 Å². The van der Waals surface area contributed by atoms with Gasteiger partial charge in [0.15, 0.2) is 5.96 Å². The lowest BCUT2D eigenvalue weighted by molar-refractivity contribution is 0.374. The molecule has 7 nitrogen and oxygen atoms in total. The third kappa shape index (κ3) is 3.86. The average molecular weight is 371 g/mol. The van der Waals surface area contributed by atoms with Crippen LogP contribution in [0, 0.1) is 0 Å². The second-order valence-corrected chi connectivity index (χ2v) is 6.18. The number of benzene rings is 2. The lowest BCUT2D eigenvalue weighted by Crippen LogP contribution is -2.39. The van der Waals surface area contributed by atoms with Gasteiger partial charge < -0.3 is 30.0 Å². The molecule has 0 spiro atoms. The van der Waals surface area contributed by atoms with Crippen LogP contribution in [0.3, 0.4) is 0 Å². The molecule has 1 aliphatic rings. The summed E-state index contributed by atoms with van der Waals surface area (Å²) in [5.74, 6) is 3.31. The standard InChI is InChI=1S/C20H25N3O4/c1-24-12-5-7-14(18(9-12)26-3)16-11-17(23-20(21)22-16)15-8-6-13(25-2)10-19(15)27-4/h5-10,16-17H,11H2,1-4H3,(H3,21,22,23). The SMILES string of the molecule is COc1ccc(C2CC(c3ccc(OC)cc3OC)NC(N)=N2)c(OC)c1. The van der Waals surface area contributed by atoms with Crippen molar-refractivity contribution in [3.8, 4) is 23.0 Å². The van der Waals surface area contributed by atoms with E-state index in [0.29, 0.717) is 12.4 Å². The zero-order chi connectivity index (χ0) is 19.4. The molecular formula is C20H25N3O4. The van der Waals surface area contributed by atoms with E-state index >= 15 is 0 Å². The van der Waals surface area contributed by atoms with E-state index in [4.69, 9.17) is 24.7 Å². The van der Waals surface area contributed by atoms with Gasteiger partial charge in [-0.05, 0) is 30.7 Å². The molecule has 0 aromatic heterocycles. The van der Waals surface area contributed by atoms with E-state index in [9.17, 15) is 0 Å². The topological polar surface area (TPSA) is 87.3 Å². The van der Waals surface area contributed by atoms with Crippen LogP contribution < -0.4 is 30.0 Å². The zero-order valence-electron chi connectivity index (χ0n) is 16.0. The summed E-state index contributed by atoms with van der Waals surface area (Å²) in [5, 5.41) is 3.25. The normalized spacial score (nSPS) is 18.9. The summed E-state index contributed by atoms with van der Waals surface area (Å²) in [6, 6.07) is 11.3. The van der Waals surface area contributed by atoms with Gasteiger partial charge in [0.25, 0.3) is 0 Å². The molecule has 0 aliphatic carbocycles. The molecule has 1 aliphatic heterocycles. The van der Waals surface area contributed by atoms with Crippen LogP contribution in [-0.4, -0.2) is 34.4 Å². The Morgan fingerprint density at radius 1 is 0.852 bits per heavy atom. The van der Waals surface area contributed by atoms with Crippen LogP contribution in [-0.2, 0) is 0 Å². The van der Waals surface area contributed by atoms with Crippen LogP contribution in [0.15, 0.2) is 41.4 Å². The highest BCUT2D eigenvalue weighted by molar-refractivity contribution is 5.79. The van der Waals surface area contributed by atoms with Crippen LogP contribution in [0.1, 0.15) is 29.6 Å². The fourth-order valence-electron chi connectivity index (χ4n) is 3.32. The van der Waals surface area contributed by atoms with Gasteiger partial charge in [-0.25, -0.2) is 4.99 Å². The Morgan fingerprint density at radius 3 is 1.96 bits per heavy atom. The average Bonchev–Trinajstić information content (AvgIpc) is 2.72. The maximum Gasteiger partial charge on any atom is 0.189 e. The number of rotatable bonds is 6. The smallest absolute Gasteiger partial charge is 0.189 e. The van der Waals surface area contributed by atoms with Crippen molar-refractivity contribution in [3.63, 3.8) is 0 Å². The quantitative estimate of drug-likeness (QED) is 0.812. The second-order valence-electron chi connectivity index (χ2n) is 6.18. The first-order valence-electron chi connectivity index (χ1n) is 8.63. The van der Waals surface area contributed by atoms with E-state index in [1.54, 1.807) is 28.4 Å². The molecular weight excluding hydrogens is 346 g/mol. The summed E-state index contributed by atoms with van der Waals surface area (Å²) < 4.78 is 21.7. The fourth-order valence-corrected chi connectivity index (χ4v) is 3.32.